The summed E-state index contributed by atoms with van der Waals surface area (Å²) in [6.07, 6.45) is 1.75. The molecule has 2 N–H and O–H groups in total. The van der Waals surface area contributed by atoms with E-state index in [0.29, 0.717) is 0 Å². The third-order valence-corrected chi connectivity index (χ3v) is 6.05. The summed E-state index contributed by atoms with van der Waals surface area (Å²) in [6.45, 7) is 2.08. The summed E-state index contributed by atoms with van der Waals surface area (Å²) >= 11 is 0. The van der Waals surface area contributed by atoms with Gasteiger partial charge >= 0.3 is 5.97 Å². The van der Waals surface area contributed by atoms with Gasteiger partial charge in [-0.1, -0.05) is 78.9 Å². The van der Waals surface area contributed by atoms with Crippen LogP contribution in [-0.2, 0) is 12.8 Å². The second kappa shape index (κ2) is 7.77. The highest BCUT2D eigenvalue weighted by Crippen LogP contribution is 2.33. The number of nitrogens with one attached hydrogen (secondary N) is 1. The number of hydrogen-bond acceptors (Lipinski definition) is 1. The van der Waals surface area contributed by atoms with Crippen molar-refractivity contribution in [2.75, 3.05) is 0 Å². The number of aromatic amines is 1. The molecule has 0 saturated carbocycles. The monoisotopic (exact) mass is 405 g/mol. The van der Waals surface area contributed by atoms with E-state index in [1.54, 1.807) is 6.07 Å². The molecule has 0 atom stereocenters. The van der Waals surface area contributed by atoms with Crippen molar-refractivity contribution in [3.05, 3.63) is 107 Å². The number of hydrogen-bond donors (Lipinski definition) is 2. The van der Waals surface area contributed by atoms with Crippen LogP contribution >= 0.6 is 0 Å². The van der Waals surface area contributed by atoms with Crippen molar-refractivity contribution in [3.63, 3.8) is 0 Å². The van der Waals surface area contributed by atoms with E-state index in [-0.39, 0.29) is 5.69 Å². The third-order valence-electron chi connectivity index (χ3n) is 6.05. The zero-order chi connectivity index (χ0) is 21.4. The first-order chi connectivity index (χ1) is 15.1. The van der Waals surface area contributed by atoms with E-state index in [1.165, 1.54) is 21.9 Å². The minimum absolute atomic E-state index is 0.225. The molecule has 0 radical (unpaired) electrons. The molecular weight excluding hydrogens is 382 g/mol. The van der Waals surface area contributed by atoms with Crippen molar-refractivity contribution in [2.45, 2.75) is 19.8 Å². The van der Waals surface area contributed by atoms with Gasteiger partial charge in [-0.05, 0) is 58.9 Å². The number of carboxylic acid groups (broad SMARTS) is 1. The predicted octanol–water partition coefficient (Wildman–Crippen LogP) is 6.78. The smallest absolute Gasteiger partial charge is 0.352 e. The van der Waals surface area contributed by atoms with Crippen LogP contribution in [0.4, 0.5) is 0 Å². The summed E-state index contributed by atoms with van der Waals surface area (Å²) in [5.74, 6) is -0.938. The number of carbonyl (C=O) groups is 1. The molecule has 31 heavy (non-hydrogen) atoms. The highest BCUT2D eigenvalue weighted by molar-refractivity contribution is 6.02. The van der Waals surface area contributed by atoms with Crippen molar-refractivity contribution < 1.29 is 9.90 Å². The van der Waals surface area contributed by atoms with Crippen LogP contribution in [0.25, 0.3) is 32.8 Å². The number of benzene rings is 4. The molecule has 0 aliphatic carbocycles. The number of aromatic carboxylic acids is 1. The van der Waals surface area contributed by atoms with E-state index in [2.05, 4.69) is 78.6 Å². The standard InChI is InChI=1S/C28H23NO2/c1-18-6-2-5-9-23(18)24-15-14-21(25-17-26(28(30)31)29-27(24)25)13-11-19-10-12-20-7-3-4-8-22(20)16-19/h2-10,12,14-17,29H,11,13H2,1H3,(H,30,31). The maximum Gasteiger partial charge on any atom is 0.352 e. The van der Waals surface area contributed by atoms with Crippen LogP contribution in [0, 0.1) is 6.92 Å². The lowest BCUT2D eigenvalue weighted by atomic mass is 9.94. The minimum atomic E-state index is -0.938. The van der Waals surface area contributed by atoms with E-state index in [9.17, 15) is 9.90 Å². The van der Waals surface area contributed by atoms with Crippen LogP contribution in [-0.4, -0.2) is 16.1 Å². The van der Waals surface area contributed by atoms with Gasteiger partial charge in [0.05, 0.1) is 5.52 Å². The van der Waals surface area contributed by atoms with E-state index < -0.39 is 5.97 Å². The summed E-state index contributed by atoms with van der Waals surface area (Å²) in [6, 6.07) is 29.2. The summed E-state index contributed by atoms with van der Waals surface area (Å²) in [5, 5.41) is 13.0. The molecule has 0 unspecified atom stereocenters. The molecule has 0 amide bonds. The van der Waals surface area contributed by atoms with E-state index in [4.69, 9.17) is 0 Å². The van der Waals surface area contributed by atoms with Gasteiger partial charge < -0.3 is 10.1 Å². The van der Waals surface area contributed by atoms with E-state index >= 15 is 0 Å². The van der Waals surface area contributed by atoms with Crippen molar-refractivity contribution in [1.29, 1.82) is 0 Å². The van der Waals surface area contributed by atoms with Crippen molar-refractivity contribution in [1.82, 2.24) is 4.98 Å². The van der Waals surface area contributed by atoms with Crippen LogP contribution < -0.4 is 0 Å². The normalized spacial score (nSPS) is 11.3. The number of rotatable bonds is 5. The minimum Gasteiger partial charge on any atom is -0.477 e. The van der Waals surface area contributed by atoms with Gasteiger partial charge in [-0.15, -0.1) is 0 Å². The lowest BCUT2D eigenvalue weighted by Crippen LogP contribution is -1.95. The average molecular weight is 405 g/mol. The van der Waals surface area contributed by atoms with Crippen LogP contribution in [0.3, 0.4) is 0 Å². The maximum absolute atomic E-state index is 11.7. The highest BCUT2D eigenvalue weighted by Gasteiger charge is 2.15. The van der Waals surface area contributed by atoms with Crippen LogP contribution in [0.5, 0.6) is 0 Å². The molecule has 0 bridgehead atoms. The van der Waals surface area contributed by atoms with Gasteiger partial charge in [0.15, 0.2) is 0 Å². The van der Waals surface area contributed by atoms with Gasteiger partial charge in [0.25, 0.3) is 0 Å². The van der Waals surface area contributed by atoms with Gasteiger partial charge in [-0.25, -0.2) is 4.79 Å². The zero-order valence-corrected chi connectivity index (χ0v) is 17.4. The lowest BCUT2D eigenvalue weighted by Gasteiger charge is -2.11. The Morgan fingerprint density at radius 2 is 1.58 bits per heavy atom. The molecule has 0 aliphatic heterocycles. The largest absolute Gasteiger partial charge is 0.477 e. The zero-order valence-electron chi connectivity index (χ0n) is 17.4. The topological polar surface area (TPSA) is 53.1 Å². The fourth-order valence-electron chi connectivity index (χ4n) is 4.38. The number of aromatic nitrogens is 1. The second-order valence-corrected chi connectivity index (χ2v) is 8.05. The number of fused-ring (bicyclic) bond motifs is 2. The van der Waals surface area contributed by atoms with Crippen LogP contribution in [0.2, 0.25) is 0 Å². The van der Waals surface area contributed by atoms with Gasteiger partial charge in [0.1, 0.15) is 5.69 Å². The molecule has 5 aromatic rings. The quantitative estimate of drug-likeness (QED) is 0.339. The van der Waals surface area contributed by atoms with Crippen molar-refractivity contribution in [3.8, 4) is 11.1 Å². The first-order valence-corrected chi connectivity index (χ1v) is 10.5. The summed E-state index contributed by atoms with van der Waals surface area (Å²) in [7, 11) is 0. The molecule has 3 nitrogen and oxygen atoms in total. The Morgan fingerprint density at radius 3 is 2.39 bits per heavy atom. The Bertz CT molecular complexity index is 1430. The van der Waals surface area contributed by atoms with Gasteiger partial charge in [-0.3, -0.25) is 0 Å². The SMILES string of the molecule is Cc1ccccc1-c1ccc(CCc2ccc3ccccc3c2)c2cc(C(=O)O)[nH]c12. The summed E-state index contributed by atoms with van der Waals surface area (Å²) in [4.78, 5) is 14.8. The molecule has 1 heterocycles. The average Bonchev–Trinajstić information content (AvgIpc) is 3.24. The Hall–Kier alpha value is -3.85. The Balaban J connectivity index is 1.54. The molecule has 4 aromatic carbocycles. The molecule has 1 aromatic heterocycles. The van der Waals surface area contributed by atoms with Crippen molar-refractivity contribution in [2.24, 2.45) is 0 Å². The Morgan fingerprint density at radius 1 is 0.806 bits per heavy atom. The highest BCUT2D eigenvalue weighted by atomic mass is 16.4. The summed E-state index contributed by atoms with van der Waals surface area (Å²) < 4.78 is 0. The molecule has 3 heteroatoms. The maximum atomic E-state index is 11.7. The predicted molar refractivity (Wildman–Crippen MR) is 127 cm³/mol. The Labute approximate surface area is 181 Å². The number of H-pyrrole nitrogens is 1. The second-order valence-electron chi connectivity index (χ2n) is 8.05. The van der Waals surface area contributed by atoms with E-state index in [0.717, 1.165) is 40.4 Å². The first kappa shape index (κ1) is 19.1. The third kappa shape index (κ3) is 3.59. The van der Waals surface area contributed by atoms with Gasteiger partial charge in [0, 0.05) is 10.9 Å². The van der Waals surface area contributed by atoms with E-state index in [1.807, 2.05) is 12.1 Å². The van der Waals surface area contributed by atoms with Crippen LogP contribution in [0.15, 0.2) is 84.9 Å². The molecular formula is C28H23NO2. The Kier molecular flexibility index (Phi) is 4.79. The molecule has 0 aliphatic rings. The fourth-order valence-corrected chi connectivity index (χ4v) is 4.38. The molecule has 0 saturated heterocycles. The first-order valence-electron chi connectivity index (χ1n) is 10.5. The number of carboxylic acids is 1. The van der Waals surface area contributed by atoms with Gasteiger partial charge in [-0.2, -0.15) is 0 Å². The number of aryl methyl sites for hydroxylation is 3. The summed E-state index contributed by atoms with van der Waals surface area (Å²) in [5.41, 5.74) is 6.88. The lowest BCUT2D eigenvalue weighted by molar-refractivity contribution is 0.0691. The fraction of sp³-hybridized carbons (Fsp3) is 0.107. The van der Waals surface area contributed by atoms with Gasteiger partial charge in [0.2, 0.25) is 0 Å². The molecule has 0 spiro atoms. The molecule has 0 fully saturated rings. The molecule has 5 rings (SSSR count). The van der Waals surface area contributed by atoms with Crippen molar-refractivity contribution >= 4 is 27.6 Å². The van der Waals surface area contributed by atoms with Crippen LogP contribution in [0.1, 0.15) is 27.2 Å². The molecule has 152 valence electrons.